The second-order valence-electron chi connectivity index (χ2n) is 4.71. The van der Waals surface area contributed by atoms with Gasteiger partial charge in [0.25, 0.3) is 5.91 Å². The van der Waals surface area contributed by atoms with Gasteiger partial charge in [0.1, 0.15) is 0 Å². The van der Waals surface area contributed by atoms with Gasteiger partial charge in [-0.25, -0.2) is 0 Å². The Hall–Kier alpha value is -1.55. The zero-order chi connectivity index (χ0) is 13.8. The molecule has 0 aliphatic carbocycles. The van der Waals surface area contributed by atoms with Gasteiger partial charge < -0.3 is 10.2 Å². The van der Waals surface area contributed by atoms with Gasteiger partial charge >= 0.3 is 0 Å². The fourth-order valence-corrected chi connectivity index (χ4v) is 2.36. The van der Waals surface area contributed by atoms with Crippen molar-refractivity contribution in [1.82, 2.24) is 10.2 Å². The molecule has 19 heavy (non-hydrogen) atoms. The number of nitrogens with zero attached hydrogens (tertiary/aromatic N) is 1. The maximum absolute atomic E-state index is 12.0. The van der Waals surface area contributed by atoms with E-state index in [0.717, 1.165) is 31.5 Å². The van der Waals surface area contributed by atoms with Crippen LogP contribution in [0.25, 0.3) is 0 Å². The van der Waals surface area contributed by atoms with E-state index >= 15 is 0 Å². The number of halogens is 1. The highest BCUT2D eigenvalue weighted by Gasteiger charge is 2.19. The second-order valence-corrected chi connectivity index (χ2v) is 5.08. The quantitative estimate of drug-likeness (QED) is 0.921. The molecule has 5 heteroatoms. The number of carbonyl (C=O) groups excluding carboxylic acids is 2. The number of carbonyl (C=O) groups is 2. The Balaban J connectivity index is 1.94. The summed E-state index contributed by atoms with van der Waals surface area (Å²) >= 11 is 6.07. The summed E-state index contributed by atoms with van der Waals surface area (Å²) in [5.41, 5.74) is 1.26. The van der Waals surface area contributed by atoms with Crippen molar-refractivity contribution < 1.29 is 9.59 Å². The molecule has 1 saturated heterocycles. The summed E-state index contributed by atoms with van der Waals surface area (Å²) in [5, 5.41) is 3.07. The highest BCUT2D eigenvalue weighted by Crippen LogP contribution is 2.19. The van der Waals surface area contributed by atoms with Crippen LogP contribution < -0.4 is 5.32 Å². The smallest absolute Gasteiger partial charge is 0.253 e. The summed E-state index contributed by atoms with van der Waals surface area (Å²) in [6, 6.07) is 5.28. The van der Waals surface area contributed by atoms with Crippen molar-refractivity contribution in [2.75, 3.05) is 19.6 Å². The van der Waals surface area contributed by atoms with Gasteiger partial charge in [0.15, 0.2) is 0 Å². The number of amides is 2. The minimum atomic E-state index is -0.304. The zero-order valence-corrected chi connectivity index (χ0v) is 11.7. The van der Waals surface area contributed by atoms with Gasteiger partial charge in [-0.3, -0.25) is 9.59 Å². The molecular weight excluding hydrogens is 264 g/mol. The summed E-state index contributed by atoms with van der Waals surface area (Å²) in [5.74, 6) is -0.337. The molecule has 1 aromatic rings. The standard InChI is InChI=1S/C14H17ClN2O2/c1-10-5-4-6-11(13(10)15)14(19)16-9-12(18)17-7-2-3-8-17/h4-6H,2-3,7-9H2,1H3,(H,16,19). The predicted octanol–water partition coefficient (Wildman–Crippen LogP) is 2.00. The first-order valence-corrected chi connectivity index (χ1v) is 6.78. The third-order valence-corrected chi connectivity index (χ3v) is 3.80. The summed E-state index contributed by atoms with van der Waals surface area (Å²) < 4.78 is 0. The van der Waals surface area contributed by atoms with Gasteiger partial charge in [-0.1, -0.05) is 23.7 Å². The summed E-state index contributed by atoms with van der Waals surface area (Å²) in [6.45, 7) is 3.46. The summed E-state index contributed by atoms with van der Waals surface area (Å²) in [4.78, 5) is 25.6. The second kappa shape index (κ2) is 6.06. The first-order valence-electron chi connectivity index (χ1n) is 6.40. The Morgan fingerprint density at radius 2 is 2.00 bits per heavy atom. The van der Waals surface area contributed by atoms with Crippen LogP contribution in [0.5, 0.6) is 0 Å². The monoisotopic (exact) mass is 280 g/mol. The molecule has 0 atom stereocenters. The van der Waals surface area contributed by atoms with Gasteiger partial charge in [0.2, 0.25) is 5.91 Å². The molecule has 1 aliphatic heterocycles. The van der Waals surface area contributed by atoms with Gasteiger partial charge in [0.05, 0.1) is 17.1 Å². The largest absolute Gasteiger partial charge is 0.343 e. The van der Waals surface area contributed by atoms with E-state index in [1.54, 1.807) is 17.0 Å². The molecule has 1 aromatic carbocycles. The van der Waals surface area contributed by atoms with Crippen molar-refractivity contribution in [3.8, 4) is 0 Å². The van der Waals surface area contributed by atoms with E-state index < -0.39 is 0 Å². The number of rotatable bonds is 3. The van der Waals surface area contributed by atoms with Crippen LogP contribution in [0, 0.1) is 6.92 Å². The molecule has 1 N–H and O–H groups in total. The predicted molar refractivity (Wildman–Crippen MR) is 74.3 cm³/mol. The highest BCUT2D eigenvalue weighted by molar-refractivity contribution is 6.34. The van der Waals surface area contributed by atoms with Crippen LogP contribution in [0.1, 0.15) is 28.8 Å². The lowest BCUT2D eigenvalue weighted by Gasteiger charge is -2.15. The lowest BCUT2D eigenvalue weighted by Crippen LogP contribution is -2.38. The van der Waals surface area contributed by atoms with Gasteiger partial charge in [-0.05, 0) is 31.4 Å². The SMILES string of the molecule is Cc1cccc(C(=O)NCC(=O)N2CCCC2)c1Cl. The topological polar surface area (TPSA) is 49.4 Å². The van der Waals surface area contributed by atoms with E-state index in [1.165, 1.54) is 0 Å². The maximum Gasteiger partial charge on any atom is 0.253 e. The van der Waals surface area contributed by atoms with Gasteiger partial charge in [0, 0.05) is 13.1 Å². The summed E-state index contributed by atoms with van der Waals surface area (Å²) in [6.07, 6.45) is 2.09. The van der Waals surface area contributed by atoms with Crippen LogP contribution in [-0.4, -0.2) is 36.3 Å². The summed E-state index contributed by atoms with van der Waals surface area (Å²) in [7, 11) is 0. The third-order valence-electron chi connectivity index (χ3n) is 3.30. The maximum atomic E-state index is 12.0. The molecule has 0 saturated carbocycles. The molecule has 4 nitrogen and oxygen atoms in total. The molecule has 1 aliphatic rings. The van der Waals surface area contributed by atoms with Gasteiger partial charge in [-0.15, -0.1) is 0 Å². The molecule has 102 valence electrons. The Morgan fingerprint density at radius 3 is 2.68 bits per heavy atom. The van der Waals surface area contributed by atoms with Crippen molar-refractivity contribution in [2.45, 2.75) is 19.8 Å². The molecule has 2 amide bonds. The van der Waals surface area contributed by atoms with Crippen molar-refractivity contribution in [2.24, 2.45) is 0 Å². The third kappa shape index (κ3) is 3.26. The minimum Gasteiger partial charge on any atom is -0.343 e. The first-order chi connectivity index (χ1) is 9.09. The average molecular weight is 281 g/mol. The van der Waals surface area contributed by atoms with E-state index in [4.69, 9.17) is 11.6 Å². The van der Waals surface area contributed by atoms with Crippen molar-refractivity contribution in [1.29, 1.82) is 0 Å². The number of nitrogens with one attached hydrogen (secondary N) is 1. The van der Waals surface area contributed by atoms with Crippen molar-refractivity contribution in [3.63, 3.8) is 0 Å². The van der Waals surface area contributed by atoms with E-state index in [2.05, 4.69) is 5.32 Å². The normalized spacial score (nSPS) is 14.5. The number of benzene rings is 1. The number of hydrogen-bond acceptors (Lipinski definition) is 2. The highest BCUT2D eigenvalue weighted by atomic mass is 35.5. The van der Waals surface area contributed by atoms with E-state index in [9.17, 15) is 9.59 Å². The zero-order valence-electron chi connectivity index (χ0n) is 10.9. The lowest BCUT2D eigenvalue weighted by atomic mass is 10.1. The molecule has 1 fully saturated rings. The fourth-order valence-electron chi connectivity index (χ4n) is 2.15. The molecule has 0 unspecified atom stereocenters. The molecule has 0 aromatic heterocycles. The number of aryl methyl sites for hydroxylation is 1. The average Bonchev–Trinajstić information content (AvgIpc) is 2.93. The van der Waals surface area contributed by atoms with E-state index in [0.29, 0.717) is 10.6 Å². The number of likely N-dealkylation sites (tertiary alicyclic amines) is 1. The van der Waals surface area contributed by atoms with Gasteiger partial charge in [-0.2, -0.15) is 0 Å². The Kier molecular flexibility index (Phi) is 4.43. The first kappa shape index (κ1) is 13.9. The van der Waals surface area contributed by atoms with E-state index in [-0.39, 0.29) is 18.4 Å². The van der Waals surface area contributed by atoms with Crippen molar-refractivity contribution >= 4 is 23.4 Å². The molecular formula is C14H17ClN2O2. The Morgan fingerprint density at radius 1 is 1.32 bits per heavy atom. The van der Waals surface area contributed by atoms with Crippen molar-refractivity contribution in [3.05, 3.63) is 34.3 Å². The van der Waals surface area contributed by atoms with Crippen LogP contribution in [0.4, 0.5) is 0 Å². The lowest BCUT2D eigenvalue weighted by molar-refractivity contribution is -0.129. The molecule has 0 bridgehead atoms. The Bertz CT molecular complexity index is 496. The minimum absolute atomic E-state index is 0.0309. The van der Waals surface area contributed by atoms with E-state index in [1.807, 2.05) is 13.0 Å². The van der Waals surface area contributed by atoms with Crippen LogP contribution >= 0.6 is 11.6 Å². The molecule has 0 spiro atoms. The molecule has 1 heterocycles. The molecule has 2 rings (SSSR count). The molecule has 0 radical (unpaired) electrons. The fraction of sp³-hybridized carbons (Fsp3) is 0.429. The van der Waals surface area contributed by atoms with Crippen LogP contribution in [0.2, 0.25) is 5.02 Å². The Labute approximate surface area is 117 Å². The van der Waals surface area contributed by atoms with Crippen LogP contribution in [0.15, 0.2) is 18.2 Å². The van der Waals surface area contributed by atoms with Crippen LogP contribution in [-0.2, 0) is 4.79 Å². The number of hydrogen-bond donors (Lipinski definition) is 1. The van der Waals surface area contributed by atoms with Crippen LogP contribution in [0.3, 0.4) is 0 Å².